The number of hydrogen-bond acceptors (Lipinski definition) is 3. The van der Waals surface area contributed by atoms with Gasteiger partial charge in [0, 0.05) is 6.42 Å². The Morgan fingerprint density at radius 3 is 2.61 bits per heavy atom. The first-order valence-electron chi connectivity index (χ1n) is 5.34. The van der Waals surface area contributed by atoms with Gasteiger partial charge in [-0.3, -0.25) is 9.59 Å². The standard InChI is InChI=1S/C12H13F2NO3/c1-15-10(4-5-11(16)17)12(18)8-6-7(13)2-3-9(8)14/h2-3,6,10,15H,4-5H2,1H3,(H,16,17). The zero-order valence-corrected chi connectivity index (χ0v) is 9.74. The molecule has 6 heteroatoms. The SMILES string of the molecule is CNC(CCC(=O)O)C(=O)c1cc(F)ccc1F. The first kappa shape index (κ1) is 14.2. The molecule has 18 heavy (non-hydrogen) atoms. The average Bonchev–Trinajstić information content (AvgIpc) is 2.32. The van der Waals surface area contributed by atoms with Crippen molar-refractivity contribution < 1.29 is 23.5 Å². The molecule has 0 fully saturated rings. The van der Waals surface area contributed by atoms with Crippen LogP contribution in [-0.2, 0) is 4.79 Å². The van der Waals surface area contributed by atoms with E-state index < -0.39 is 29.4 Å². The quantitative estimate of drug-likeness (QED) is 0.760. The summed E-state index contributed by atoms with van der Waals surface area (Å²) in [5, 5.41) is 11.1. The minimum absolute atomic E-state index is 0.0145. The van der Waals surface area contributed by atoms with E-state index in [0.29, 0.717) is 0 Å². The van der Waals surface area contributed by atoms with Crippen LogP contribution in [0.25, 0.3) is 0 Å². The Labute approximate surface area is 103 Å². The van der Waals surface area contributed by atoms with Crippen molar-refractivity contribution in [3.05, 3.63) is 35.4 Å². The third-order valence-corrected chi connectivity index (χ3v) is 2.51. The number of carbonyl (C=O) groups is 2. The minimum Gasteiger partial charge on any atom is -0.481 e. The molecule has 0 heterocycles. The van der Waals surface area contributed by atoms with Gasteiger partial charge in [-0.15, -0.1) is 0 Å². The fraction of sp³-hybridized carbons (Fsp3) is 0.333. The Morgan fingerprint density at radius 1 is 1.39 bits per heavy atom. The largest absolute Gasteiger partial charge is 0.481 e. The summed E-state index contributed by atoms with van der Waals surface area (Å²) in [5.74, 6) is -3.25. The molecule has 98 valence electrons. The van der Waals surface area contributed by atoms with Gasteiger partial charge in [0.25, 0.3) is 0 Å². The van der Waals surface area contributed by atoms with Crippen molar-refractivity contribution >= 4 is 11.8 Å². The van der Waals surface area contributed by atoms with Crippen LogP contribution in [-0.4, -0.2) is 29.9 Å². The van der Waals surface area contributed by atoms with Crippen molar-refractivity contribution in [2.75, 3.05) is 7.05 Å². The highest BCUT2D eigenvalue weighted by atomic mass is 19.1. The Kier molecular flexibility index (Phi) is 4.91. The molecule has 2 N–H and O–H groups in total. The number of likely N-dealkylation sites (N-methyl/N-ethyl adjacent to an activating group) is 1. The van der Waals surface area contributed by atoms with Crippen molar-refractivity contribution in [1.82, 2.24) is 5.32 Å². The second-order valence-electron chi connectivity index (χ2n) is 3.76. The van der Waals surface area contributed by atoms with Crippen molar-refractivity contribution in [3.8, 4) is 0 Å². The van der Waals surface area contributed by atoms with Crippen molar-refractivity contribution in [3.63, 3.8) is 0 Å². The first-order valence-corrected chi connectivity index (χ1v) is 5.34. The maximum atomic E-state index is 13.4. The van der Waals surface area contributed by atoms with E-state index in [4.69, 9.17) is 5.11 Å². The van der Waals surface area contributed by atoms with E-state index in [9.17, 15) is 18.4 Å². The highest BCUT2D eigenvalue weighted by molar-refractivity contribution is 6.00. The number of hydrogen-bond donors (Lipinski definition) is 2. The van der Waals surface area contributed by atoms with Crippen molar-refractivity contribution in [2.24, 2.45) is 0 Å². The van der Waals surface area contributed by atoms with E-state index >= 15 is 0 Å². The number of rotatable bonds is 6. The van der Waals surface area contributed by atoms with Crippen LogP contribution in [0.5, 0.6) is 0 Å². The lowest BCUT2D eigenvalue weighted by Gasteiger charge is -2.14. The summed E-state index contributed by atoms with van der Waals surface area (Å²) in [4.78, 5) is 22.3. The summed E-state index contributed by atoms with van der Waals surface area (Å²) in [6.45, 7) is 0. The summed E-state index contributed by atoms with van der Waals surface area (Å²) in [7, 11) is 1.46. The molecule has 0 spiro atoms. The normalized spacial score (nSPS) is 12.2. The number of nitrogens with one attached hydrogen (secondary N) is 1. The van der Waals surface area contributed by atoms with Crippen LogP contribution < -0.4 is 5.32 Å². The maximum Gasteiger partial charge on any atom is 0.303 e. The van der Waals surface area contributed by atoms with E-state index in [0.717, 1.165) is 18.2 Å². The Hall–Kier alpha value is -1.82. The van der Waals surface area contributed by atoms with Crippen LogP contribution >= 0.6 is 0 Å². The second-order valence-corrected chi connectivity index (χ2v) is 3.76. The fourth-order valence-electron chi connectivity index (χ4n) is 1.55. The lowest BCUT2D eigenvalue weighted by molar-refractivity contribution is -0.137. The zero-order valence-electron chi connectivity index (χ0n) is 9.74. The van der Waals surface area contributed by atoms with E-state index in [-0.39, 0.29) is 18.4 Å². The molecule has 0 aliphatic rings. The monoisotopic (exact) mass is 257 g/mol. The zero-order chi connectivity index (χ0) is 13.7. The fourth-order valence-corrected chi connectivity index (χ4v) is 1.55. The smallest absolute Gasteiger partial charge is 0.303 e. The molecule has 0 saturated heterocycles. The number of halogens is 2. The highest BCUT2D eigenvalue weighted by Crippen LogP contribution is 2.14. The van der Waals surface area contributed by atoms with Crippen LogP contribution in [0, 0.1) is 11.6 Å². The number of benzene rings is 1. The van der Waals surface area contributed by atoms with Gasteiger partial charge in [0.1, 0.15) is 11.6 Å². The number of Topliss-reactive ketones (excluding diaryl/α,β-unsaturated/α-hetero) is 1. The van der Waals surface area contributed by atoms with Gasteiger partial charge in [-0.05, 0) is 31.7 Å². The average molecular weight is 257 g/mol. The van der Waals surface area contributed by atoms with Crippen molar-refractivity contribution in [2.45, 2.75) is 18.9 Å². The molecule has 0 aromatic heterocycles. The predicted molar refractivity (Wildman–Crippen MR) is 60.4 cm³/mol. The van der Waals surface area contributed by atoms with E-state index in [1.165, 1.54) is 7.05 Å². The van der Waals surface area contributed by atoms with Crippen LogP contribution in [0.3, 0.4) is 0 Å². The van der Waals surface area contributed by atoms with Crippen LogP contribution in [0.4, 0.5) is 8.78 Å². The summed E-state index contributed by atoms with van der Waals surface area (Å²) in [6.07, 6.45) is -0.213. The topological polar surface area (TPSA) is 66.4 Å². The molecular weight excluding hydrogens is 244 g/mol. The third-order valence-electron chi connectivity index (χ3n) is 2.51. The van der Waals surface area contributed by atoms with Gasteiger partial charge in [-0.1, -0.05) is 0 Å². The number of carboxylic acid groups (broad SMARTS) is 1. The molecule has 0 bridgehead atoms. The van der Waals surface area contributed by atoms with Gasteiger partial charge >= 0.3 is 5.97 Å². The van der Waals surface area contributed by atoms with Gasteiger partial charge in [-0.25, -0.2) is 8.78 Å². The Bertz CT molecular complexity index is 463. The van der Waals surface area contributed by atoms with Gasteiger partial charge in [0.05, 0.1) is 11.6 Å². The molecule has 1 aromatic rings. The number of aliphatic carboxylic acids is 1. The molecule has 0 amide bonds. The number of carbonyl (C=O) groups excluding carboxylic acids is 1. The predicted octanol–water partition coefficient (Wildman–Crippen LogP) is 1.60. The highest BCUT2D eigenvalue weighted by Gasteiger charge is 2.22. The molecule has 1 unspecified atom stereocenters. The summed E-state index contributed by atoms with van der Waals surface area (Å²) >= 11 is 0. The van der Waals surface area contributed by atoms with Crippen LogP contribution in [0.1, 0.15) is 23.2 Å². The molecule has 0 saturated carbocycles. The molecule has 1 aromatic carbocycles. The van der Waals surface area contributed by atoms with Crippen LogP contribution in [0.2, 0.25) is 0 Å². The maximum absolute atomic E-state index is 13.4. The Balaban J connectivity index is 2.89. The van der Waals surface area contributed by atoms with Gasteiger partial charge in [0.15, 0.2) is 5.78 Å². The molecule has 0 aliphatic carbocycles. The molecular formula is C12H13F2NO3. The minimum atomic E-state index is -1.05. The second kappa shape index (κ2) is 6.20. The molecule has 1 rings (SSSR count). The summed E-state index contributed by atoms with van der Waals surface area (Å²) in [6, 6.07) is 1.74. The lowest BCUT2D eigenvalue weighted by Crippen LogP contribution is -2.35. The van der Waals surface area contributed by atoms with Gasteiger partial charge in [-0.2, -0.15) is 0 Å². The lowest BCUT2D eigenvalue weighted by atomic mass is 10.00. The molecule has 1 atom stereocenters. The third kappa shape index (κ3) is 3.59. The van der Waals surface area contributed by atoms with Gasteiger partial charge < -0.3 is 10.4 Å². The summed E-state index contributed by atoms with van der Waals surface area (Å²) < 4.78 is 26.3. The molecule has 0 aliphatic heterocycles. The van der Waals surface area contributed by atoms with E-state index in [2.05, 4.69) is 5.32 Å². The summed E-state index contributed by atoms with van der Waals surface area (Å²) in [5.41, 5.74) is -0.375. The number of ketones is 1. The molecule has 4 nitrogen and oxygen atoms in total. The Morgan fingerprint density at radius 2 is 2.06 bits per heavy atom. The molecule has 0 radical (unpaired) electrons. The van der Waals surface area contributed by atoms with Crippen molar-refractivity contribution in [1.29, 1.82) is 0 Å². The van der Waals surface area contributed by atoms with Gasteiger partial charge in [0.2, 0.25) is 0 Å². The first-order chi connectivity index (χ1) is 8.45. The van der Waals surface area contributed by atoms with Crippen LogP contribution in [0.15, 0.2) is 18.2 Å². The van der Waals surface area contributed by atoms with E-state index in [1.54, 1.807) is 0 Å². The van der Waals surface area contributed by atoms with E-state index in [1.807, 2.05) is 0 Å². The number of carboxylic acids is 1.